The van der Waals surface area contributed by atoms with Gasteiger partial charge >= 0.3 is 0 Å². The van der Waals surface area contributed by atoms with Crippen molar-refractivity contribution >= 4 is 10.0 Å². The van der Waals surface area contributed by atoms with Crippen LogP contribution in [0.5, 0.6) is 0 Å². The minimum Gasteiger partial charge on any atom is -0.396 e. The van der Waals surface area contributed by atoms with Gasteiger partial charge in [0.05, 0.1) is 4.90 Å². The summed E-state index contributed by atoms with van der Waals surface area (Å²) in [6.45, 7) is 4.91. The van der Waals surface area contributed by atoms with E-state index in [1.54, 1.807) is 12.1 Å². The van der Waals surface area contributed by atoms with E-state index in [4.69, 9.17) is 0 Å². The number of rotatable bonds is 3. The molecule has 0 radical (unpaired) electrons. The van der Waals surface area contributed by atoms with Gasteiger partial charge in [-0.15, -0.1) is 0 Å². The Hall–Kier alpha value is -0.910. The largest absolute Gasteiger partial charge is 0.396 e. The minimum atomic E-state index is -3.42. The molecule has 4 nitrogen and oxygen atoms in total. The van der Waals surface area contributed by atoms with E-state index >= 15 is 0 Å². The lowest BCUT2D eigenvalue weighted by molar-refractivity contribution is 0.165. The number of hydrogen-bond donors (Lipinski definition) is 1. The second-order valence-corrected chi connectivity index (χ2v) is 7.24. The summed E-state index contributed by atoms with van der Waals surface area (Å²) in [6.07, 6.45) is 1.71. The van der Waals surface area contributed by atoms with E-state index in [0.29, 0.717) is 18.0 Å². The van der Waals surface area contributed by atoms with Crippen molar-refractivity contribution in [1.29, 1.82) is 0 Å². The van der Waals surface area contributed by atoms with E-state index in [2.05, 4.69) is 0 Å². The van der Waals surface area contributed by atoms with Gasteiger partial charge in [-0.05, 0) is 55.9 Å². The van der Waals surface area contributed by atoms with Gasteiger partial charge in [0.1, 0.15) is 0 Å². The third-order valence-electron chi connectivity index (χ3n) is 3.86. The number of hydrogen-bond acceptors (Lipinski definition) is 3. The molecular formula is C14H21NO3S. The average molecular weight is 283 g/mol. The molecule has 0 amide bonds. The second-order valence-electron chi connectivity index (χ2n) is 5.30. The summed E-state index contributed by atoms with van der Waals surface area (Å²) in [7, 11) is -3.42. The first-order valence-electron chi connectivity index (χ1n) is 6.63. The quantitative estimate of drug-likeness (QED) is 0.918. The van der Waals surface area contributed by atoms with E-state index in [1.165, 1.54) is 4.31 Å². The molecular weight excluding hydrogens is 262 g/mol. The summed E-state index contributed by atoms with van der Waals surface area (Å²) in [5, 5.41) is 9.20. The van der Waals surface area contributed by atoms with Crippen molar-refractivity contribution < 1.29 is 13.5 Å². The van der Waals surface area contributed by atoms with Crippen LogP contribution in [0.15, 0.2) is 23.1 Å². The lowest BCUT2D eigenvalue weighted by Crippen LogP contribution is -2.40. The number of aliphatic hydroxyl groups is 1. The number of aliphatic hydroxyl groups excluding tert-OH is 1. The van der Waals surface area contributed by atoms with Crippen LogP contribution in [0, 0.1) is 19.8 Å². The van der Waals surface area contributed by atoms with Crippen molar-refractivity contribution in [3.63, 3.8) is 0 Å². The smallest absolute Gasteiger partial charge is 0.243 e. The normalized spacial score (nSPS) is 21.5. The zero-order valence-corrected chi connectivity index (χ0v) is 12.3. The van der Waals surface area contributed by atoms with Crippen molar-refractivity contribution in [3.8, 4) is 0 Å². The number of aryl methyl sites for hydroxylation is 2. The topological polar surface area (TPSA) is 57.6 Å². The Morgan fingerprint density at radius 1 is 1.32 bits per heavy atom. The standard InChI is InChI=1S/C14H21NO3S/c1-11-5-6-14(8-12(11)2)19(17,18)15-7-3-4-13(9-15)10-16/h5-6,8,13,16H,3-4,7,9-10H2,1-2H3. The molecule has 0 saturated carbocycles. The van der Waals surface area contributed by atoms with Crippen LogP contribution in [0.4, 0.5) is 0 Å². The molecule has 0 aliphatic carbocycles. The van der Waals surface area contributed by atoms with Crippen LogP contribution in [0.25, 0.3) is 0 Å². The molecule has 0 aromatic heterocycles. The summed E-state index contributed by atoms with van der Waals surface area (Å²) in [5.41, 5.74) is 2.07. The molecule has 1 N–H and O–H groups in total. The summed E-state index contributed by atoms with van der Waals surface area (Å²) in [6, 6.07) is 5.24. The highest BCUT2D eigenvalue weighted by atomic mass is 32.2. The van der Waals surface area contributed by atoms with E-state index in [1.807, 2.05) is 19.9 Å². The first-order chi connectivity index (χ1) is 8.95. The van der Waals surface area contributed by atoms with Crippen molar-refractivity contribution in [2.24, 2.45) is 5.92 Å². The number of benzene rings is 1. The highest BCUT2D eigenvalue weighted by Crippen LogP contribution is 2.24. The summed E-state index contributed by atoms with van der Waals surface area (Å²) < 4.78 is 26.6. The Labute approximate surface area is 115 Å². The van der Waals surface area contributed by atoms with Gasteiger partial charge in [-0.3, -0.25) is 0 Å². The van der Waals surface area contributed by atoms with Gasteiger partial charge in [0.2, 0.25) is 10.0 Å². The van der Waals surface area contributed by atoms with E-state index < -0.39 is 10.0 Å². The Balaban J connectivity index is 2.28. The number of piperidine rings is 1. The molecule has 1 fully saturated rings. The molecule has 5 heteroatoms. The monoisotopic (exact) mass is 283 g/mol. The maximum atomic E-state index is 12.6. The Morgan fingerprint density at radius 2 is 2.05 bits per heavy atom. The fraction of sp³-hybridized carbons (Fsp3) is 0.571. The van der Waals surface area contributed by atoms with Crippen molar-refractivity contribution in [1.82, 2.24) is 4.31 Å². The molecule has 1 saturated heterocycles. The maximum Gasteiger partial charge on any atom is 0.243 e. The molecule has 1 atom stereocenters. The zero-order chi connectivity index (χ0) is 14.0. The Bertz CT molecular complexity index is 554. The molecule has 1 aromatic carbocycles. The summed E-state index contributed by atoms with van der Waals surface area (Å²) >= 11 is 0. The minimum absolute atomic E-state index is 0.0545. The van der Waals surface area contributed by atoms with Gasteiger partial charge in [-0.2, -0.15) is 4.31 Å². The van der Waals surface area contributed by atoms with E-state index in [9.17, 15) is 13.5 Å². The van der Waals surface area contributed by atoms with Crippen LogP contribution in [0.3, 0.4) is 0 Å². The van der Waals surface area contributed by atoms with Gasteiger partial charge in [0, 0.05) is 19.7 Å². The van der Waals surface area contributed by atoms with Crippen LogP contribution in [0.2, 0.25) is 0 Å². The van der Waals surface area contributed by atoms with Crippen LogP contribution >= 0.6 is 0 Å². The molecule has 0 bridgehead atoms. The fourth-order valence-corrected chi connectivity index (χ4v) is 4.06. The maximum absolute atomic E-state index is 12.6. The molecule has 1 aromatic rings. The van der Waals surface area contributed by atoms with Crippen LogP contribution in [-0.4, -0.2) is 37.5 Å². The van der Waals surface area contributed by atoms with Gasteiger partial charge in [0.15, 0.2) is 0 Å². The average Bonchev–Trinajstić information content (AvgIpc) is 2.41. The molecule has 1 aliphatic heterocycles. The fourth-order valence-electron chi connectivity index (χ4n) is 2.42. The molecule has 0 spiro atoms. The first-order valence-corrected chi connectivity index (χ1v) is 8.07. The zero-order valence-electron chi connectivity index (χ0n) is 11.5. The van der Waals surface area contributed by atoms with E-state index in [0.717, 1.165) is 24.0 Å². The van der Waals surface area contributed by atoms with Crippen molar-refractivity contribution in [2.45, 2.75) is 31.6 Å². The SMILES string of the molecule is Cc1ccc(S(=O)(=O)N2CCCC(CO)C2)cc1C. The van der Waals surface area contributed by atoms with Gasteiger partial charge < -0.3 is 5.11 Å². The van der Waals surface area contributed by atoms with Crippen LogP contribution in [-0.2, 0) is 10.0 Å². The van der Waals surface area contributed by atoms with Gasteiger partial charge in [0.25, 0.3) is 0 Å². The predicted octanol–water partition coefficient (Wildman–Crippen LogP) is 1.70. The number of sulfonamides is 1. The Morgan fingerprint density at radius 3 is 2.68 bits per heavy atom. The summed E-state index contributed by atoms with van der Waals surface area (Å²) in [5.74, 6) is 0.0649. The predicted molar refractivity (Wildman–Crippen MR) is 74.5 cm³/mol. The molecule has 1 unspecified atom stereocenters. The molecule has 106 valence electrons. The third kappa shape index (κ3) is 2.99. The highest BCUT2D eigenvalue weighted by Gasteiger charge is 2.29. The van der Waals surface area contributed by atoms with E-state index in [-0.39, 0.29) is 12.5 Å². The highest BCUT2D eigenvalue weighted by molar-refractivity contribution is 7.89. The van der Waals surface area contributed by atoms with Crippen molar-refractivity contribution in [2.75, 3.05) is 19.7 Å². The Kier molecular flexibility index (Phi) is 4.28. The number of nitrogens with zero attached hydrogens (tertiary/aromatic N) is 1. The third-order valence-corrected chi connectivity index (χ3v) is 5.72. The summed E-state index contributed by atoms with van der Waals surface area (Å²) in [4.78, 5) is 0.356. The van der Waals surface area contributed by atoms with Gasteiger partial charge in [-0.1, -0.05) is 6.07 Å². The molecule has 2 rings (SSSR count). The molecule has 1 heterocycles. The van der Waals surface area contributed by atoms with Crippen molar-refractivity contribution in [3.05, 3.63) is 29.3 Å². The van der Waals surface area contributed by atoms with Gasteiger partial charge in [-0.25, -0.2) is 8.42 Å². The lowest BCUT2D eigenvalue weighted by Gasteiger charge is -2.31. The second kappa shape index (κ2) is 5.61. The van der Waals surface area contributed by atoms with Crippen LogP contribution < -0.4 is 0 Å². The first kappa shape index (κ1) is 14.5. The van der Waals surface area contributed by atoms with Crippen LogP contribution in [0.1, 0.15) is 24.0 Å². The molecule has 19 heavy (non-hydrogen) atoms. The lowest BCUT2D eigenvalue weighted by atomic mass is 10.0. The molecule has 1 aliphatic rings.